The Hall–Kier alpha value is -0.850. The fourth-order valence-corrected chi connectivity index (χ4v) is 1.08. The fraction of sp³-hybridized carbons (Fsp3) is 0.615. The highest BCUT2D eigenvalue weighted by atomic mass is 14.7. The van der Waals surface area contributed by atoms with E-state index in [1.165, 1.54) is 11.3 Å². The molecule has 1 heteroatoms. The first-order chi connectivity index (χ1) is 6.54. The number of aryl methyl sites for hydroxylation is 1. The summed E-state index contributed by atoms with van der Waals surface area (Å²) in [7, 11) is 0. The van der Waals surface area contributed by atoms with E-state index in [1.54, 1.807) is 0 Å². The van der Waals surface area contributed by atoms with E-state index in [9.17, 15) is 0 Å². The fourth-order valence-electron chi connectivity index (χ4n) is 1.08. The van der Waals surface area contributed by atoms with Crippen LogP contribution < -0.4 is 0 Å². The average molecular weight is 193 g/mol. The maximum atomic E-state index is 4.36. The van der Waals surface area contributed by atoms with Gasteiger partial charge in [0.15, 0.2) is 0 Å². The van der Waals surface area contributed by atoms with E-state index in [4.69, 9.17) is 0 Å². The van der Waals surface area contributed by atoms with Gasteiger partial charge in [0.1, 0.15) is 0 Å². The maximum absolute atomic E-state index is 4.36. The number of pyridine rings is 1. The van der Waals surface area contributed by atoms with Crippen molar-refractivity contribution in [2.45, 2.75) is 53.4 Å². The van der Waals surface area contributed by atoms with Crippen LogP contribution in [0.5, 0.6) is 0 Å². The summed E-state index contributed by atoms with van der Waals surface area (Å²) >= 11 is 0. The van der Waals surface area contributed by atoms with Crippen LogP contribution in [0.4, 0.5) is 0 Å². The van der Waals surface area contributed by atoms with Gasteiger partial charge >= 0.3 is 0 Å². The van der Waals surface area contributed by atoms with Gasteiger partial charge in [0.2, 0.25) is 0 Å². The first kappa shape index (κ1) is 13.2. The summed E-state index contributed by atoms with van der Waals surface area (Å²) in [4.78, 5) is 4.36. The van der Waals surface area contributed by atoms with E-state index >= 15 is 0 Å². The first-order valence-electron chi connectivity index (χ1n) is 5.49. The maximum Gasteiger partial charge on any atom is 0.0401 e. The Morgan fingerprint density at radius 1 is 1.14 bits per heavy atom. The van der Waals surface area contributed by atoms with Crippen LogP contribution in [0.3, 0.4) is 0 Å². The summed E-state index contributed by atoms with van der Waals surface area (Å²) in [5, 5.41) is 0. The normalized spacial score (nSPS) is 10.4. The molecule has 0 fully saturated rings. The van der Waals surface area contributed by atoms with E-state index < -0.39 is 0 Å². The SMILES string of the molecule is CC.CCc1ccc(C(C)(C)C)cn1. The molecule has 0 saturated heterocycles. The number of nitrogens with zero attached hydrogens (tertiary/aromatic N) is 1. The standard InChI is InChI=1S/C11H17N.C2H6/c1-5-10-7-6-9(8-12-10)11(2,3)4;1-2/h6-8H,5H2,1-4H3;1-2H3. The van der Waals surface area contributed by atoms with Crippen LogP contribution in [-0.4, -0.2) is 4.98 Å². The minimum Gasteiger partial charge on any atom is -0.261 e. The van der Waals surface area contributed by atoms with Crippen LogP contribution in [0.15, 0.2) is 18.3 Å². The van der Waals surface area contributed by atoms with Crippen molar-refractivity contribution in [1.29, 1.82) is 0 Å². The molecule has 0 aliphatic heterocycles. The van der Waals surface area contributed by atoms with Crippen LogP contribution in [0.1, 0.15) is 52.8 Å². The molecule has 0 aliphatic carbocycles. The van der Waals surface area contributed by atoms with Crippen LogP contribution >= 0.6 is 0 Å². The van der Waals surface area contributed by atoms with Gasteiger partial charge in [-0.2, -0.15) is 0 Å². The molecule has 1 heterocycles. The molecule has 0 amide bonds. The molecule has 0 unspecified atom stereocenters. The van der Waals surface area contributed by atoms with Crippen molar-refractivity contribution in [1.82, 2.24) is 4.98 Å². The van der Waals surface area contributed by atoms with Crippen LogP contribution in [0, 0.1) is 0 Å². The Kier molecular flexibility index (Phi) is 5.44. The lowest BCUT2D eigenvalue weighted by molar-refractivity contribution is 0.586. The summed E-state index contributed by atoms with van der Waals surface area (Å²) in [5.41, 5.74) is 2.70. The molecule has 1 aromatic heterocycles. The topological polar surface area (TPSA) is 12.9 Å². The molecule has 0 atom stereocenters. The third kappa shape index (κ3) is 3.91. The van der Waals surface area contributed by atoms with E-state index in [2.05, 4.69) is 44.8 Å². The monoisotopic (exact) mass is 193 g/mol. The van der Waals surface area contributed by atoms with E-state index in [-0.39, 0.29) is 5.41 Å². The van der Waals surface area contributed by atoms with Gasteiger partial charge < -0.3 is 0 Å². The molecule has 0 radical (unpaired) electrons. The number of aromatic nitrogens is 1. The molecular formula is C13H23N. The second-order valence-electron chi connectivity index (χ2n) is 4.14. The van der Waals surface area contributed by atoms with Crippen molar-refractivity contribution in [3.8, 4) is 0 Å². The molecule has 0 saturated carbocycles. The summed E-state index contributed by atoms with van der Waals surface area (Å²) < 4.78 is 0. The Bertz CT molecular complexity index is 241. The Morgan fingerprint density at radius 2 is 1.71 bits per heavy atom. The van der Waals surface area contributed by atoms with E-state index in [0.29, 0.717) is 0 Å². The summed E-state index contributed by atoms with van der Waals surface area (Å²) in [6, 6.07) is 4.28. The number of rotatable bonds is 1. The van der Waals surface area contributed by atoms with Crippen molar-refractivity contribution in [3.05, 3.63) is 29.6 Å². The van der Waals surface area contributed by atoms with Crippen molar-refractivity contribution in [2.24, 2.45) is 0 Å². The highest BCUT2D eigenvalue weighted by molar-refractivity contribution is 5.21. The number of hydrogen-bond acceptors (Lipinski definition) is 1. The van der Waals surface area contributed by atoms with E-state index in [1.807, 2.05) is 20.0 Å². The van der Waals surface area contributed by atoms with Gasteiger partial charge in [-0.1, -0.05) is 47.6 Å². The van der Waals surface area contributed by atoms with Crippen molar-refractivity contribution in [3.63, 3.8) is 0 Å². The molecule has 0 aliphatic rings. The zero-order chi connectivity index (χ0) is 11.2. The molecule has 1 aromatic rings. The van der Waals surface area contributed by atoms with Crippen molar-refractivity contribution >= 4 is 0 Å². The van der Waals surface area contributed by atoms with Gasteiger partial charge in [0.25, 0.3) is 0 Å². The average Bonchev–Trinajstić information content (AvgIpc) is 2.20. The molecule has 0 spiro atoms. The second kappa shape index (κ2) is 5.79. The van der Waals surface area contributed by atoms with Crippen molar-refractivity contribution in [2.75, 3.05) is 0 Å². The third-order valence-electron chi connectivity index (χ3n) is 2.05. The molecular weight excluding hydrogens is 170 g/mol. The lowest BCUT2D eigenvalue weighted by atomic mass is 9.88. The molecule has 1 nitrogen and oxygen atoms in total. The predicted molar refractivity (Wildman–Crippen MR) is 63.7 cm³/mol. The van der Waals surface area contributed by atoms with Gasteiger partial charge in [0, 0.05) is 11.9 Å². The summed E-state index contributed by atoms with van der Waals surface area (Å²) in [6.07, 6.45) is 3.00. The van der Waals surface area contributed by atoms with Gasteiger partial charge in [0.05, 0.1) is 0 Å². The number of hydrogen-bond donors (Lipinski definition) is 0. The van der Waals surface area contributed by atoms with Gasteiger partial charge in [-0.15, -0.1) is 0 Å². The molecule has 14 heavy (non-hydrogen) atoms. The third-order valence-corrected chi connectivity index (χ3v) is 2.05. The Labute approximate surface area is 88.6 Å². The predicted octanol–water partition coefficient (Wildman–Crippen LogP) is 3.97. The molecule has 0 aromatic carbocycles. The summed E-state index contributed by atoms with van der Waals surface area (Å²) in [6.45, 7) is 12.7. The molecule has 0 bridgehead atoms. The summed E-state index contributed by atoms with van der Waals surface area (Å²) in [5.74, 6) is 0. The minimum atomic E-state index is 0.221. The molecule has 0 N–H and O–H groups in total. The zero-order valence-electron chi connectivity index (χ0n) is 10.4. The Balaban J connectivity index is 0.000000791. The second-order valence-corrected chi connectivity index (χ2v) is 4.14. The molecule has 80 valence electrons. The van der Waals surface area contributed by atoms with Crippen molar-refractivity contribution < 1.29 is 0 Å². The lowest BCUT2D eigenvalue weighted by Crippen LogP contribution is -2.11. The van der Waals surface area contributed by atoms with E-state index in [0.717, 1.165) is 6.42 Å². The van der Waals surface area contributed by atoms with Crippen LogP contribution in [0.25, 0.3) is 0 Å². The lowest BCUT2D eigenvalue weighted by Gasteiger charge is -2.18. The largest absolute Gasteiger partial charge is 0.261 e. The highest BCUT2D eigenvalue weighted by Crippen LogP contribution is 2.20. The van der Waals surface area contributed by atoms with Crippen LogP contribution in [-0.2, 0) is 11.8 Å². The highest BCUT2D eigenvalue weighted by Gasteiger charge is 2.12. The minimum absolute atomic E-state index is 0.221. The quantitative estimate of drug-likeness (QED) is 0.657. The van der Waals surface area contributed by atoms with Gasteiger partial charge in [-0.25, -0.2) is 0 Å². The van der Waals surface area contributed by atoms with Crippen LogP contribution in [0.2, 0.25) is 0 Å². The smallest absolute Gasteiger partial charge is 0.0401 e. The molecule has 1 rings (SSSR count). The Morgan fingerprint density at radius 3 is 2.00 bits per heavy atom. The van der Waals surface area contributed by atoms with Gasteiger partial charge in [-0.3, -0.25) is 4.98 Å². The first-order valence-corrected chi connectivity index (χ1v) is 5.49. The van der Waals surface area contributed by atoms with Gasteiger partial charge in [-0.05, 0) is 23.5 Å². The zero-order valence-corrected chi connectivity index (χ0v) is 10.4.